The Labute approximate surface area is 214 Å². The van der Waals surface area contributed by atoms with E-state index in [2.05, 4.69) is 24.5 Å². The number of amides is 3. The Kier molecular flexibility index (Phi) is 11.4. The number of rotatable bonds is 13. The molecule has 0 heterocycles. The molecule has 0 fully saturated rings. The normalized spacial score (nSPS) is 12.6. The molecule has 8 heteroatoms. The summed E-state index contributed by atoms with van der Waals surface area (Å²) in [5.41, 5.74) is 8.54. The van der Waals surface area contributed by atoms with E-state index < -0.39 is 12.1 Å². The van der Waals surface area contributed by atoms with Gasteiger partial charge in [0.2, 0.25) is 17.7 Å². The van der Waals surface area contributed by atoms with Crippen LogP contribution in [0.25, 0.3) is 0 Å². The smallest absolute Gasteiger partial charge is 0.246 e. The number of nitrogens with one attached hydrogen (secondary N) is 2. The number of nitrogens with two attached hydrogens (primary N) is 1. The maximum absolute atomic E-state index is 12.9. The number of aromatic hydroxyl groups is 1. The second kappa shape index (κ2) is 14.2. The van der Waals surface area contributed by atoms with Crippen molar-refractivity contribution in [3.8, 4) is 5.75 Å². The van der Waals surface area contributed by atoms with E-state index in [1.54, 1.807) is 38.2 Å². The topological polar surface area (TPSA) is 125 Å². The number of aryl methyl sites for hydroxylation is 1. The minimum Gasteiger partial charge on any atom is -0.508 e. The van der Waals surface area contributed by atoms with E-state index in [9.17, 15) is 19.5 Å². The Morgan fingerprint density at radius 3 is 2.36 bits per heavy atom. The van der Waals surface area contributed by atoms with Crippen molar-refractivity contribution in [2.75, 3.05) is 18.9 Å². The molecule has 2 aromatic carbocycles. The first kappa shape index (κ1) is 28.8. The molecule has 196 valence electrons. The predicted molar refractivity (Wildman–Crippen MR) is 142 cm³/mol. The van der Waals surface area contributed by atoms with Gasteiger partial charge in [-0.05, 0) is 67.9 Å². The van der Waals surface area contributed by atoms with Crippen molar-refractivity contribution in [2.45, 2.75) is 65.0 Å². The molecule has 0 saturated carbocycles. The zero-order valence-electron chi connectivity index (χ0n) is 21.8. The van der Waals surface area contributed by atoms with Crippen LogP contribution in [0.1, 0.15) is 51.2 Å². The fourth-order valence-corrected chi connectivity index (χ4v) is 3.73. The summed E-state index contributed by atoms with van der Waals surface area (Å²) in [6, 6.07) is 12.5. The van der Waals surface area contributed by atoms with Gasteiger partial charge in [0, 0.05) is 25.7 Å². The largest absolute Gasteiger partial charge is 0.508 e. The molecular weight excluding hydrogens is 456 g/mol. The number of anilines is 1. The number of likely N-dealkylation sites (N-methyl/N-ethyl adjacent to an activating group) is 1. The highest BCUT2D eigenvalue weighted by molar-refractivity contribution is 5.98. The van der Waals surface area contributed by atoms with Crippen molar-refractivity contribution in [1.82, 2.24) is 10.2 Å². The second-order valence-corrected chi connectivity index (χ2v) is 9.63. The van der Waals surface area contributed by atoms with Crippen LogP contribution in [0.2, 0.25) is 0 Å². The first-order chi connectivity index (χ1) is 17.1. The lowest BCUT2D eigenvalue weighted by molar-refractivity contribution is -0.137. The summed E-state index contributed by atoms with van der Waals surface area (Å²) in [6.07, 6.45) is 2.99. The van der Waals surface area contributed by atoms with Crippen molar-refractivity contribution < 1.29 is 19.5 Å². The molecule has 0 aliphatic carbocycles. The van der Waals surface area contributed by atoms with Gasteiger partial charge in [0.25, 0.3) is 0 Å². The van der Waals surface area contributed by atoms with E-state index in [1.807, 2.05) is 24.3 Å². The van der Waals surface area contributed by atoms with Gasteiger partial charge in [-0.25, -0.2) is 0 Å². The fourth-order valence-electron chi connectivity index (χ4n) is 3.73. The summed E-state index contributed by atoms with van der Waals surface area (Å²) in [5, 5.41) is 15.3. The number of hydrogen-bond donors (Lipinski definition) is 4. The third kappa shape index (κ3) is 9.34. The molecule has 8 nitrogen and oxygen atoms in total. The van der Waals surface area contributed by atoms with E-state index in [-0.39, 0.29) is 23.5 Å². The summed E-state index contributed by atoms with van der Waals surface area (Å²) in [4.78, 5) is 39.2. The fraction of sp³-hybridized carbons (Fsp3) is 0.464. The molecule has 0 spiro atoms. The zero-order valence-corrected chi connectivity index (χ0v) is 21.8. The average molecular weight is 497 g/mol. The van der Waals surface area contributed by atoms with E-state index >= 15 is 0 Å². The number of carbonyl (C=O) groups is 3. The molecule has 0 aromatic heterocycles. The summed E-state index contributed by atoms with van der Waals surface area (Å²) in [6.45, 7) is 6.59. The first-order valence-electron chi connectivity index (χ1n) is 12.5. The molecule has 0 radical (unpaired) electrons. The van der Waals surface area contributed by atoms with Crippen LogP contribution >= 0.6 is 0 Å². The van der Waals surface area contributed by atoms with Crippen LogP contribution < -0.4 is 16.4 Å². The number of benzene rings is 2. The number of hydrogen-bond acceptors (Lipinski definition) is 5. The summed E-state index contributed by atoms with van der Waals surface area (Å²) in [5.74, 6) is 0.0670. The number of phenols is 1. The Balaban J connectivity index is 1.89. The molecule has 36 heavy (non-hydrogen) atoms. The number of phenolic OH excluding ortho intramolecular Hbond substituents is 1. The minimum atomic E-state index is -0.811. The summed E-state index contributed by atoms with van der Waals surface area (Å²) < 4.78 is 0. The van der Waals surface area contributed by atoms with Gasteiger partial charge in [0.15, 0.2) is 0 Å². The van der Waals surface area contributed by atoms with Crippen LogP contribution in [0, 0.1) is 5.92 Å². The molecule has 2 aromatic rings. The Morgan fingerprint density at radius 1 is 1.03 bits per heavy atom. The quantitative estimate of drug-likeness (QED) is 0.339. The standard InChI is InChI=1S/C28H40N4O4/c1-19(2)16-17-30-26(34)11-7-9-22-8-5-6-10-25(22)31-27(35)20(3)32(4)28(36)24(29)18-21-12-14-23(33)15-13-21/h5-6,8,10,12-15,19-20,24,33H,7,9,11,16-18,29H2,1-4H3,(H,30,34)(H,31,35)/t20-,24-/m0/s1. The van der Waals surface area contributed by atoms with Crippen molar-refractivity contribution >= 4 is 23.4 Å². The lowest BCUT2D eigenvalue weighted by atomic mass is 10.0. The van der Waals surface area contributed by atoms with Gasteiger partial charge in [-0.2, -0.15) is 0 Å². The molecule has 0 aliphatic rings. The maximum Gasteiger partial charge on any atom is 0.246 e. The van der Waals surface area contributed by atoms with Gasteiger partial charge in [-0.15, -0.1) is 0 Å². The van der Waals surface area contributed by atoms with E-state index in [0.717, 1.165) is 17.5 Å². The highest BCUT2D eigenvalue weighted by Gasteiger charge is 2.27. The highest BCUT2D eigenvalue weighted by Crippen LogP contribution is 2.19. The van der Waals surface area contributed by atoms with Gasteiger partial charge in [0.05, 0.1) is 6.04 Å². The molecule has 2 atom stereocenters. The van der Waals surface area contributed by atoms with E-state index in [4.69, 9.17) is 5.73 Å². The van der Waals surface area contributed by atoms with Gasteiger partial charge in [0.1, 0.15) is 11.8 Å². The van der Waals surface area contributed by atoms with Crippen LogP contribution in [-0.4, -0.2) is 53.4 Å². The van der Waals surface area contributed by atoms with Gasteiger partial charge in [-0.1, -0.05) is 44.2 Å². The highest BCUT2D eigenvalue weighted by atomic mass is 16.3. The van der Waals surface area contributed by atoms with Crippen molar-refractivity contribution in [2.24, 2.45) is 11.7 Å². The molecular formula is C28H40N4O4. The maximum atomic E-state index is 12.9. The predicted octanol–water partition coefficient (Wildman–Crippen LogP) is 3.23. The molecule has 5 N–H and O–H groups in total. The Morgan fingerprint density at radius 2 is 1.69 bits per heavy atom. The first-order valence-corrected chi connectivity index (χ1v) is 12.5. The lowest BCUT2D eigenvalue weighted by Crippen LogP contribution is -2.50. The molecule has 2 rings (SSSR count). The summed E-state index contributed by atoms with van der Waals surface area (Å²) in [7, 11) is 1.56. The number of nitrogens with zero attached hydrogens (tertiary/aromatic N) is 1. The number of para-hydroxylation sites is 1. The third-order valence-corrected chi connectivity index (χ3v) is 6.19. The monoisotopic (exact) mass is 496 g/mol. The Bertz CT molecular complexity index is 1010. The van der Waals surface area contributed by atoms with Crippen molar-refractivity contribution in [3.63, 3.8) is 0 Å². The lowest BCUT2D eigenvalue weighted by Gasteiger charge is -2.27. The van der Waals surface area contributed by atoms with Crippen LogP contribution in [0.4, 0.5) is 5.69 Å². The van der Waals surface area contributed by atoms with Gasteiger partial charge in [-0.3, -0.25) is 14.4 Å². The van der Waals surface area contributed by atoms with Crippen LogP contribution in [0.3, 0.4) is 0 Å². The van der Waals surface area contributed by atoms with Gasteiger partial charge < -0.3 is 26.4 Å². The van der Waals surface area contributed by atoms with Gasteiger partial charge >= 0.3 is 0 Å². The Hall–Kier alpha value is -3.39. The summed E-state index contributed by atoms with van der Waals surface area (Å²) >= 11 is 0. The number of carbonyl (C=O) groups excluding carboxylic acids is 3. The van der Waals surface area contributed by atoms with Crippen LogP contribution in [0.15, 0.2) is 48.5 Å². The third-order valence-electron chi connectivity index (χ3n) is 6.19. The molecule has 0 bridgehead atoms. The van der Waals surface area contributed by atoms with E-state index in [1.165, 1.54) is 4.90 Å². The van der Waals surface area contributed by atoms with Crippen LogP contribution in [0.5, 0.6) is 5.75 Å². The second-order valence-electron chi connectivity index (χ2n) is 9.63. The van der Waals surface area contributed by atoms with Crippen molar-refractivity contribution in [3.05, 3.63) is 59.7 Å². The van der Waals surface area contributed by atoms with Crippen molar-refractivity contribution in [1.29, 1.82) is 0 Å². The molecule has 0 unspecified atom stereocenters. The molecule has 0 saturated heterocycles. The minimum absolute atomic E-state index is 0.0366. The molecule has 0 aliphatic heterocycles. The van der Waals surface area contributed by atoms with E-state index in [0.29, 0.717) is 43.8 Å². The SMILES string of the molecule is CC(C)CCNC(=O)CCCc1ccccc1NC(=O)[C@H](C)N(C)C(=O)[C@@H](N)Cc1ccc(O)cc1. The average Bonchev–Trinajstić information content (AvgIpc) is 2.84. The molecule has 3 amide bonds. The van der Waals surface area contributed by atoms with Crippen LogP contribution in [-0.2, 0) is 27.2 Å². The zero-order chi connectivity index (χ0) is 26.7.